The van der Waals surface area contributed by atoms with E-state index in [1.165, 1.54) is 23.5 Å². The molecule has 1 aromatic carbocycles. The number of benzene rings is 1. The summed E-state index contributed by atoms with van der Waals surface area (Å²) in [7, 11) is 0. The summed E-state index contributed by atoms with van der Waals surface area (Å²) in [6.45, 7) is 1.86. The Hall–Kier alpha value is -1.50. The summed E-state index contributed by atoms with van der Waals surface area (Å²) in [6.07, 6.45) is 1.00. The fourth-order valence-corrected chi connectivity index (χ4v) is 2.39. The predicted molar refractivity (Wildman–Crippen MR) is 86.3 cm³/mol. The van der Waals surface area contributed by atoms with Crippen LogP contribution in [0.3, 0.4) is 0 Å². The number of carbonyl (C=O) groups is 1. The van der Waals surface area contributed by atoms with Gasteiger partial charge in [-0.25, -0.2) is 9.37 Å². The number of carbonyl (C=O) groups excluding carboxylic acids is 1. The third-order valence-electron chi connectivity index (χ3n) is 2.70. The van der Waals surface area contributed by atoms with Crippen LogP contribution in [0.4, 0.5) is 9.52 Å². The second-order valence-electron chi connectivity index (χ2n) is 4.61. The molecule has 1 heterocycles. The molecule has 114 valence electrons. The van der Waals surface area contributed by atoms with E-state index < -0.39 is 0 Å². The van der Waals surface area contributed by atoms with Gasteiger partial charge in [-0.15, -0.1) is 23.7 Å². The number of nitrogens with one attached hydrogen (secondary N) is 1. The lowest BCUT2D eigenvalue weighted by molar-refractivity contribution is -0.116. The second-order valence-corrected chi connectivity index (χ2v) is 5.47. The van der Waals surface area contributed by atoms with Crippen molar-refractivity contribution >= 4 is 34.8 Å². The highest BCUT2D eigenvalue weighted by Crippen LogP contribution is 2.25. The van der Waals surface area contributed by atoms with Crippen LogP contribution in [0.5, 0.6) is 0 Å². The monoisotopic (exact) mass is 329 g/mol. The number of rotatable bonds is 5. The standard InChI is InChI=1S/C14H16FN3OS.ClH/c1-9(16)5-6-13(19)18-14-17-12(8-20-14)10-3-2-4-11(15)7-10;/h2-4,7-9H,5-6,16H2,1H3,(H,17,18,19);1H. The molecule has 1 amide bonds. The van der Waals surface area contributed by atoms with Crippen molar-refractivity contribution in [3.8, 4) is 11.3 Å². The predicted octanol–water partition coefficient (Wildman–Crippen LogP) is 3.44. The molecule has 2 rings (SSSR count). The van der Waals surface area contributed by atoms with E-state index in [1.807, 2.05) is 6.92 Å². The molecule has 0 bridgehead atoms. The topological polar surface area (TPSA) is 68.0 Å². The average molecular weight is 330 g/mol. The van der Waals surface area contributed by atoms with E-state index in [4.69, 9.17) is 5.73 Å². The number of hydrogen-bond acceptors (Lipinski definition) is 4. The molecule has 1 atom stereocenters. The maximum Gasteiger partial charge on any atom is 0.226 e. The summed E-state index contributed by atoms with van der Waals surface area (Å²) in [6, 6.07) is 6.20. The molecule has 2 aromatic rings. The third kappa shape index (κ3) is 5.41. The number of aromatic nitrogens is 1. The van der Waals surface area contributed by atoms with Gasteiger partial charge in [0.2, 0.25) is 5.91 Å². The van der Waals surface area contributed by atoms with Gasteiger partial charge in [0.05, 0.1) is 5.69 Å². The molecule has 21 heavy (non-hydrogen) atoms. The van der Waals surface area contributed by atoms with E-state index in [9.17, 15) is 9.18 Å². The van der Waals surface area contributed by atoms with E-state index >= 15 is 0 Å². The second kappa shape index (κ2) is 8.07. The fourth-order valence-electron chi connectivity index (χ4n) is 1.65. The van der Waals surface area contributed by atoms with Crippen molar-refractivity contribution in [3.63, 3.8) is 0 Å². The van der Waals surface area contributed by atoms with Gasteiger partial charge in [-0.1, -0.05) is 12.1 Å². The first-order chi connectivity index (χ1) is 9.54. The van der Waals surface area contributed by atoms with Crippen LogP contribution in [0.15, 0.2) is 29.6 Å². The number of anilines is 1. The van der Waals surface area contributed by atoms with Gasteiger partial charge < -0.3 is 11.1 Å². The third-order valence-corrected chi connectivity index (χ3v) is 3.46. The van der Waals surface area contributed by atoms with Crippen molar-refractivity contribution in [3.05, 3.63) is 35.5 Å². The normalized spacial score (nSPS) is 11.6. The van der Waals surface area contributed by atoms with Crippen LogP contribution in [0, 0.1) is 5.82 Å². The average Bonchev–Trinajstić information content (AvgIpc) is 2.85. The first kappa shape index (κ1) is 17.6. The van der Waals surface area contributed by atoms with Crippen LogP contribution in [0.2, 0.25) is 0 Å². The maximum atomic E-state index is 13.1. The molecule has 0 saturated carbocycles. The van der Waals surface area contributed by atoms with Crippen LogP contribution in [0.1, 0.15) is 19.8 Å². The summed E-state index contributed by atoms with van der Waals surface area (Å²) in [5.74, 6) is -0.416. The van der Waals surface area contributed by atoms with Crippen molar-refractivity contribution < 1.29 is 9.18 Å². The van der Waals surface area contributed by atoms with Gasteiger partial charge in [0.1, 0.15) is 5.82 Å². The highest BCUT2D eigenvalue weighted by Gasteiger charge is 2.09. The largest absolute Gasteiger partial charge is 0.328 e. The van der Waals surface area contributed by atoms with Crippen LogP contribution in [-0.4, -0.2) is 16.9 Å². The Morgan fingerprint density at radius 2 is 2.29 bits per heavy atom. The summed E-state index contributed by atoms with van der Waals surface area (Å²) in [5, 5.41) is 5.02. The zero-order valence-electron chi connectivity index (χ0n) is 11.5. The fraction of sp³-hybridized carbons (Fsp3) is 0.286. The molecular formula is C14H17ClFN3OS. The first-order valence-electron chi connectivity index (χ1n) is 6.31. The molecule has 0 aliphatic rings. The summed E-state index contributed by atoms with van der Waals surface area (Å²) < 4.78 is 13.1. The summed E-state index contributed by atoms with van der Waals surface area (Å²) in [5.41, 5.74) is 6.94. The highest BCUT2D eigenvalue weighted by atomic mass is 35.5. The Balaban J connectivity index is 0.00000220. The zero-order chi connectivity index (χ0) is 14.5. The molecule has 0 radical (unpaired) electrons. The van der Waals surface area contributed by atoms with Gasteiger partial charge >= 0.3 is 0 Å². The molecular weight excluding hydrogens is 313 g/mol. The van der Waals surface area contributed by atoms with Crippen molar-refractivity contribution in [2.45, 2.75) is 25.8 Å². The lowest BCUT2D eigenvalue weighted by Crippen LogP contribution is -2.19. The van der Waals surface area contributed by atoms with E-state index in [-0.39, 0.29) is 30.2 Å². The number of thiazole rings is 1. The number of hydrogen-bond donors (Lipinski definition) is 2. The highest BCUT2D eigenvalue weighted by molar-refractivity contribution is 7.14. The van der Waals surface area contributed by atoms with Gasteiger partial charge in [-0.2, -0.15) is 0 Å². The number of halogens is 2. The van der Waals surface area contributed by atoms with Crippen molar-refractivity contribution in [1.29, 1.82) is 0 Å². The summed E-state index contributed by atoms with van der Waals surface area (Å²) >= 11 is 1.32. The Labute approximate surface area is 133 Å². The zero-order valence-corrected chi connectivity index (χ0v) is 13.1. The Kier molecular flexibility index (Phi) is 6.74. The molecule has 3 N–H and O–H groups in total. The van der Waals surface area contributed by atoms with Crippen LogP contribution >= 0.6 is 23.7 Å². The van der Waals surface area contributed by atoms with E-state index in [0.717, 1.165) is 0 Å². The number of amides is 1. The first-order valence-corrected chi connectivity index (χ1v) is 7.19. The Bertz CT molecular complexity index is 603. The van der Waals surface area contributed by atoms with Crippen LogP contribution < -0.4 is 11.1 Å². The Morgan fingerprint density at radius 1 is 1.52 bits per heavy atom. The van der Waals surface area contributed by atoms with Crippen LogP contribution in [-0.2, 0) is 4.79 Å². The molecule has 7 heteroatoms. The number of nitrogens with two attached hydrogens (primary N) is 1. The van der Waals surface area contributed by atoms with E-state index in [2.05, 4.69) is 10.3 Å². The molecule has 0 fully saturated rings. The molecule has 0 aliphatic heterocycles. The van der Waals surface area contributed by atoms with Gasteiger partial charge in [0.15, 0.2) is 5.13 Å². The SMILES string of the molecule is CC(N)CCC(=O)Nc1nc(-c2cccc(F)c2)cs1.Cl. The van der Waals surface area contributed by atoms with Gasteiger partial charge in [-0.3, -0.25) is 4.79 Å². The maximum absolute atomic E-state index is 13.1. The molecule has 4 nitrogen and oxygen atoms in total. The minimum absolute atomic E-state index is 0. The number of nitrogens with zero attached hydrogens (tertiary/aromatic N) is 1. The van der Waals surface area contributed by atoms with Crippen molar-refractivity contribution in [2.75, 3.05) is 5.32 Å². The molecule has 0 aliphatic carbocycles. The Morgan fingerprint density at radius 3 is 2.95 bits per heavy atom. The van der Waals surface area contributed by atoms with Gasteiger partial charge in [0.25, 0.3) is 0 Å². The molecule has 0 saturated heterocycles. The summed E-state index contributed by atoms with van der Waals surface area (Å²) in [4.78, 5) is 15.9. The molecule has 1 unspecified atom stereocenters. The minimum Gasteiger partial charge on any atom is -0.328 e. The van der Waals surface area contributed by atoms with Gasteiger partial charge in [0, 0.05) is 23.4 Å². The van der Waals surface area contributed by atoms with Gasteiger partial charge in [-0.05, 0) is 25.5 Å². The molecule has 0 spiro atoms. The van der Waals surface area contributed by atoms with Crippen molar-refractivity contribution in [2.24, 2.45) is 5.73 Å². The minimum atomic E-state index is -0.307. The van der Waals surface area contributed by atoms with Crippen LogP contribution in [0.25, 0.3) is 11.3 Å². The smallest absolute Gasteiger partial charge is 0.226 e. The lowest BCUT2D eigenvalue weighted by Gasteiger charge is -2.04. The van der Waals surface area contributed by atoms with E-state index in [0.29, 0.717) is 29.2 Å². The quantitative estimate of drug-likeness (QED) is 0.883. The van der Waals surface area contributed by atoms with E-state index in [1.54, 1.807) is 17.5 Å². The molecule has 1 aromatic heterocycles. The lowest BCUT2D eigenvalue weighted by atomic mass is 10.2. The van der Waals surface area contributed by atoms with Crippen molar-refractivity contribution in [1.82, 2.24) is 4.98 Å².